The summed E-state index contributed by atoms with van der Waals surface area (Å²) in [5.41, 5.74) is 1.46. The predicted molar refractivity (Wildman–Crippen MR) is 114 cm³/mol. The highest BCUT2D eigenvalue weighted by atomic mass is 127. The van der Waals surface area contributed by atoms with Crippen molar-refractivity contribution in [2.75, 3.05) is 20.4 Å². The monoisotopic (exact) mass is 486 g/mol. The Bertz CT molecular complexity index is 804. The quantitative estimate of drug-likeness (QED) is 0.386. The van der Waals surface area contributed by atoms with Crippen molar-refractivity contribution in [2.45, 2.75) is 31.7 Å². The molecule has 4 rings (SSSR count). The molecule has 140 valence electrons. The number of hydrogen-bond acceptors (Lipinski definition) is 5. The zero-order valence-electron chi connectivity index (χ0n) is 14.9. The molecule has 0 radical (unpaired) electrons. The van der Waals surface area contributed by atoms with Gasteiger partial charge in [0.2, 0.25) is 6.79 Å². The van der Waals surface area contributed by atoms with Crippen molar-refractivity contribution in [3.63, 3.8) is 0 Å². The Hall–Kier alpha value is -1.55. The molecule has 2 aromatic rings. The standard InChI is InChI=1S/C18H22N4O2S.HI/c1-12-8-20-16(25-12)9-21-17(19-2)22-10-18(5-6-18)13-3-4-14-15(7-13)24-11-23-14;/h3-4,7-8H,5-6,9-11H2,1-2H3,(H2,19,21,22);1H. The molecule has 1 saturated carbocycles. The number of ether oxygens (including phenoxy) is 2. The maximum absolute atomic E-state index is 5.51. The summed E-state index contributed by atoms with van der Waals surface area (Å²) in [6.45, 7) is 3.92. The summed E-state index contributed by atoms with van der Waals surface area (Å²) in [6, 6.07) is 6.28. The van der Waals surface area contributed by atoms with E-state index in [4.69, 9.17) is 9.47 Å². The number of halogens is 1. The molecule has 0 unspecified atom stereocenters. The Morgan fingerprint density at radius 2 is 2.08 bits per heavy atom. The van der Waals surface area contributed by atoms with Crippen LogP contribution in [0, 0.1) is 6.92 Å². The molecule has 8 heteroatoms. The van der Waals surface area contributed by atoms with E-state index in [1.54, 1.807) is 18.4 Å². The lowest BCUT2D eigenvalue weighted by Gasteiger charge is -2.19. The predicted octanol–water partition coefficient (Wildman–Crippen LogP) is 3.20. The number of nitrogens with one attached hydrogen (secondary N) is 2. The van der Waals surface area contributed by atoms with Crippen LogP contribution >= 0.6 is 35.3 Å². The number of thiazole rings is 1. The lowest BCUT2D eigenvalue weighted by Crippen LogP contribution is -2.40. The zero-order chi connectivity index (χ0) is 17.3. The Morgan fingerprint density at radius 1 is 1.27 bits per heavy atom. The van der Waals surface area contributed by atoms with Crippen LogP contribution in [0.2, 0.25) is 0 Å². The fraction of sp³-hybridized carbons (Fsp3) is 0.444. The van der Waals surface area contributed by atoms with Crippen molar-refractivity contribution < 1.29 is 9.47 Å². The van der Waals surface area contributed by atoms with Gasteiger partial charge in [-0.2, -0.15) is 0 Å². The Morgan fingerprint density at radius 3 is 2.77 bits per heavy atom. The fourth-order valence-corrected chi connectivity index (χ4v) is 3.79. The van der Waals surface area contributed by atoms with Crippen LogP contribution in [-0.4, -0.2) is 31.3 Å². The number of aryl methyl sites for hydroxylation is 1. The molecule has 0 bridgehead atoms. The average Bonchev–Trinajstić information content (AvgIpc) is 3.07. The Balaban J connectivity index is 0.00000196. The van der Waals surface area contributed by atoms with Crippen molar-refractivity contribution in [3.8, 4) is 11.5 Å². The molecule has 0 spiro atoms. The van der Waals surface area contributed by atoms with E-state index in [0.29, 0.717) is 13.3 Å². The lowest BCUT2D eigenvalue weighted by molar-refractivity contribution is 0.174. The van der Waals surface area contributed by atoms with E-state index in [1.165, 1.54) is 23.3 Å². The topological polar surface area (TPSA) is 67.8 Å². The number of nitrogens with zero attached hydrogens (tertiary/aromatic N) is 2. The van der Waals surface area contributed by atoms with Gasteiger partial charge in [-0.25, -0.2) is 4.98 Å². The molecule has 0 saturated heterocycles. The van der Waals surface area contributed by atoms with E-state index in [-0.39, 0.29) is 29.4 Å². The number of fused-ring (bicyclic) bond motifs is 1. The van der Waals surface area contributed by atoms with Crippen LogP contribution in [0.25, 0.3) is 0 Å². The third-order valence-corrected chi connectivity index (χ3v) is 5.65. The SMILES string of the molecule is CN=C(NCc1ncc(C)s1)NCC1(c2ccc3c(c2)OCO3)CC1.I. The van der Waals surface area contributed by atoms with Gasteiger partial charge < -0.3 is 20.1 Å². The van der Waals surface area contributed by atoms with Crippen LogP contribution in [0.1, 0.15) is 28.3 Å². The molecule has 1 aliphatic carbocycles. The van der Waals surface area contributed by atoms with Crippen molar-refractivity contribution in [1.29, 1.82) is 0 Å². The van der Waals surface area contributed by atoms with Crippen LogP contribution in [0.3, 0.4) is 0 Å². The Labute approximate surface area is 174 Å². The van der Waals surface area contributed by atoms with E-state index in [2.05, 4.69) is 39.7 Å². The zero-order valence-corrected chi connectivity index (χ0v) is 18.0. The molecule has 0 atom stereocenters. The molecule has 1 aliphatic heterocycles. The van der Waals surface area contributed by atoms with Gasteiger partial charge >= 0.3 is 0 Å². The molecule has 6 nitrogen and oxygen atoms in total. The van der Waals surface area contributed by atoms with Crippen molar-refractivity contribution >= 4 is 41.3 Å². The summed E-state index contributed by atoms with van der Waals surface area (Å²) in [5, 5.41) is 7.86. The summed E-state index contributed by atoms with van der Waals surface area (Å²) < 4.78 is 10.9. The molecule has 2 N–H and O–H groups in total. The van der Waals surface area contributed by atoms with E-state index >= 15 is 0 Å². The van der Waals surface area contributed by atoms with E-state index in [1.807, 2.05) is 12.3 Å². The minimum absolute atomic E-state index is 0. The van der Waals surface area contributed by atoms with Crippen LogP contribution in [-0.2, 0) is 12.0 Å². The lowest BCUT2D eigenvalue weighted by atomic mass is 9.95. The first-order chi connectivity index (χ1) is 12.2. The molecular formula is C18H23IN4O2S. The highest BCUT2D eigenvalue weighted by molar-refractivity contribution is 14.0. The summed E-state index contributed by atoms with van der Waals surface area (Å²) >= 11 is 1.70. The molecule has 1 fully saturated rings. The fourth-order valence-electron chi connectivity index (χ4n) is 3.06. The second-order valence-corrected chi connectivity index (χ2v) is 7.81. The number of hydrogen-bond donors (Lipinski definition) is 2. The molecule has 1 aromatic heterocycles. The third-order valence-electron chi connectivity index (χ3n) is 4.73. The van der Waals surface area contributed by atoms with Crippen molar-refractivity contribution in [1.82, 2.24) is 15.6 Å². The highest BCUT2D eigenvalue weighted by Gasteiger charge is 2.44. The third kappa shape index (κ3) is 4.06. The average molecular weight is 486 g/mol. The molecular weight excluding hydrogens is 463 g/mol. The maximum atomic E-state index is 5.51. The van der Waals surface area contributed by atoms with Crippen LogP contribution < -0.4 is 20.1 Å². The summed E-state index contributed by atoms with van der Waals surface area (Å²) in [4.78, 5) is 9.91. The van der Waals surface area contributed by atoms with Gasteiger partial charge in [-0.3, -0.25) is 4.99 Å². The van der Waals surface area contributed by atoms with Crippen LogP contribution in [0.4, 0.5) is 0 Å². The number of aliphatic imine (C=N–C) groups is 1. The van der Waals surface area contributed by atoms with Gasteiger partial charge in [-0.05, 0) is 37.5 Å². The van der Waals surface area contributed by atoms with Crippen LogP contribution in [0.15, 0.2) is 29.4 Å². The normalized spacial score (nSPS) is 16.8. The minimum atomic E-state index is 0. The van der Waals surface area contributed by atoms with Gasteiger partial charge in [0.25, 0.3) is 0 Å². The van der Waals surface area contributed by atoms with Gasteiger partial charge in [0.1, 0.15) is 5.01 Å². The number of aromatic nitrogens is 1. The second kappa shape index (κ2) is 7.99. The number of rotatable bonds is 5. The van der Waals surface area contributed by atoms with Crippen LogP contribution in [0.5, 0.6) is 11.5 Å². The van der Waals surface area contributed by atoms with Crippen molar-refractivity contribution in [3.05, 3.63) is 39.8 Å². The first kappa shape index (κ1) is 19.2. The molecule has 2 aliphatic rings. The van der Waals surface area contributed by atoms with Gasteiger partial charge in [0, 0.05) is 30.1 Å². The molecule has 2 heterocycles. The second-order valence-electron chi connectivity index (χ2n) is 6.49. The van der Waals surface area contributed by atoms with Crippen molar-refractivity contribution in [2.24, 2.45) is 4.99 Å². The summed E-state index contributed by atoms with van der Waals surface area (Å²) in [7, 11) is 1.79. The molecule has 26 heavy (non-hydrogen) atoms. The van der Waals surface area contributed by atoms with E-state index in [9.17, 15) is 0 Å². The molecule has 0 amide bonds. The summed E-state index contributed by atoms with van der Waals surface area (Å²) in [5.74, 6) is 2.49. The minimum Gasteiger partial charge on any atom is -0.454 e. The van der Waals surface area contributed by atoms with Gasteiger partial charge in [0.15, 0.2) is 17.5 Å². The Kier molecular flexibility index (Phi) is 5.91. The number of benzene rings is 1. The van der Waals surface area contributed by atoms with Gasteiger partial charge in [-0.15, -0.1) is 35.3 Å². The van der Waals surface area contributed by atoms with Gasteiger partial charge in [0.05, 0.1) is 6.54 Å². The van der Waals surface area contributed by atoms with Gasteiger partial charge in [-0.1, -0.05) is 6.07 Å². The van der Waals surface area contributed by atoms with E-state index < -0.39 is 0 Å². The molecule has 1 aromatic carbocycles. The summed E-state index contributed by atoms with van der Waals surface area (Å²) in [6.07, 6.45) is 4.24. The number of guanidine groups is 1. The smallest absolute Gasteiger partial charge is 0.231 e. The highest BCUT2D eigenvalue weighted by Crippen LogP contribution is 2.49. The largest absolute Gasteiger partial charge is 0.454 e. The first-order valence-corrected chi connectivity index (χ1v) is 9.26. The first-order valence-electron chi connectivity index (χ1n) is 8.44. The van der Waals surface area contributed by atoms with E-state index in [0.717, 1.165) is 29.0 Å². The maximum Gasteiger partial charge on any atom is 0.231 e.